The van der Waals surface area contributed by atoms with E-state index in [2.05, 4.69) is 51.8 Å². The summed E-state index contributed by atoms with van der Waals surface area (Å²) in [5.74, 6) is 0.230. The summed E-state index contributed by atoms with van der Waals surface area (Å²) >= 11 is 1.33. The second-order valence-corrected chi connectivity index (χ2v) is 7.69. The maximum atomic E-state index is 12.1. The van der Waals surface area contributed by atoms with Gasteiger partial charge in [0.25, 0.3) is 0 Å². The Hall–Kier alpha value is -2.45. The van der Waals surface area contributed by atoms with Gasteiger partial charge in [0.05, 0.1) is 17.6 Å². The predicted molar refractivity (Wildman–Crippen MR) is 108 cm³/mol. The molecule has 0 spiro atoms. The van der Waals surface area contributed by atoms with E-state index in [1.54, 1.807) is 4.52 Å². The van der Waals surface area contributed by atoms with Gasteiger partial charge < -0.3 is 10.1 Å². The van der Waals surface area contributed by atoms with Gasteiger partial charge in [-0.1, -0.05) is 43.0 Å². The van der Waals surface area contributed by atoms with Gasteiger partial charge in [0.2, 0.25) is 11.1 Å². The number of amides is 1. The second kappa shape index (κ2) is 8.70. The number of benzene rings is 1. The van der Waals surface area contributed by atoms with Gasteiger partial charge in [0, 0.05) is 18.7 Å². The van der Waals surface area contributed by atoms with Crippen molar-refractivity contribution in [2.24, 2.45) is 0 Å². The van der Waals surface area contributed by atoms with Crippen LogP contribution in [0.25, 0.3) is 16.9 Å². The summed E-state index contributed by atoms with van der Waals surface area (Å²) < 4.78 is 7.22. The number of nitrogens with one attached hydrogen (secondary N) is 1. The van der Waals surface area contributed by atoms with Gasteiger partial charge in [0.15, 0.2) is 5.65 Å². The number of thioether (sulfide) groups is 1. The SMILES string of the molecule is CCc1ccc(-c2ccc3nnc(SCC(=O)NC[C@@H]4CCCO4)n3n2)cc1. The van der Waals surface area contributed by atoms with E-state index in [9.17, 15) is 4.79 Å². The Balaban J connectivity index is 1.42. The van der Waals surface area contributed by atoms with Crippen molar-refractivity contribution in [2.45, 2.75) is 37.4 Å². The van der Waals surface area contributed by atoms with Crippen LogP contribution >= 0.6 is 11.8 Å². The largest absolute Gasteiger partial charge is 0.376 e. The number of fused-ring (bicyclic) bond motifs is 1. The molecule has 1 fully saturated rings. The Bertz CT molecular complexity index is 951. The van der Waals surface area contributed by atoms with E-state index in [0.29, 0.717) is 17.3 Å². The van der Waals surface area contributed by atoms with Crippen LogP contribution in [0.2, 0.25) is 0 Å². The summed E-state index contributed by atoms with van der Waals surface area (Å²) in [6.07, 6.45) is 3.23. The lowest BCUT2D eigenvalue weighted by Gasteiger charge is -2.10. The molecule has 4 rings (SSSR count). The average Bonchev–Trinajstić information content (AvgIpc) is 3.40. The molecule has 0 radical (unpaired) electrons. The molecule has 0 aliphatic carbocycles. The predicted octanol–water partition coefficient (Wildman–Crippen LogP) is 2.74. The number of aryl methyl sites for hydroxylation is 1. The van der Waals surface area contributed by atoms with E-state index in [-0.39, 0.29) is 17.8 Å². The minimum absolute atomic E-state index is 0.0384. The van der Waals surface area contributed by atoms with Gasteiger partial charge in [0.1, 0.15) is 0 Å². The molecule has 2 aromatic heterocycles. The second-order valence-electron chi connectivity index (χ2n) is 6.75. The lowest BCUT2D eigenvalue weighted by atomic mass is 10.1. The number of carbonyl (C=O) groups is 1. The number of nitrogens with zero attached hydrogens (tertiary/aromatic N) is 4. The first kappa shape index (κ1) is 18.9. The van der Waals surface area contributed by atoms with Crippen molar-refractivity contribution in [1.29, 1.82) is 0 Å². The highest BCUT2D eigenvalue weighted by atomic mass is 32.2. The maximum Gasteiger partial charge on any atom is 0.230 e. The topological polar surface area (TPSA) is 81.4 Å². The summed E-state index contributed by atoms with van der Waals surface area (Å²) in [6, 6.07) is 12.2. The molecule has 0 unspecified atom stereocenters. The highest BCUT2D eigenvalue weighted by Crippen LogP contribution is 2.21. The van der Waals surface area contributed by atoms with Crippen molar-refractivity contribution in [2.75, 3.05) is 18.9 Å². The highest BCUT2D eigenvalue weighted by Gasteiger charge is 2.17. The normalized spacial score (nSPS) is 16.5. The minimum atomic E-state index is -0.0384. The minimum Gasteiger partial charge on any atom is -0.376 e. The number of hydrogen-bond donors (Lipinski definition) is 1. The zero-order valence-electron chi connectivity index (χ0n) is 15.8. The van der Waals surface area contributed by atoms with Crippen molar-refractivity contribution in [3.05, 3.63) is 42.0 Å². The highest BCUT2D eigenvalue weighted by molar-refractivity contribution is 7.99. The molecular weight excluding hydrogens is 374 g/mol. The molecule has 1 amide bonds. The molecule has 28 heavy (non-hydrogen) atoms. The molecule has 0 bridgehead atoms. The molecule has 1 aliphatic heterocycles. The van der Waals surface area contributed by atoms with Crippen LogP contribution in [0.1, 0.15) is 25.3 Å². The fourth-order valence-electron chi connectivity index (χ4n) is 3.14. The van der Waals surface area contributed by atoms with E-state index < -0.39 is 0 Å². The summed E-state index contributed by atoms with van der Waals surface area (Å²) in [5.41, 5.74) is 3.84. The van der Waals surface area contributed by atoms with E-state index in [1.807, 2.05) is 12.1 Å². The van der Waals surface area contributed by atoms with Crippen molar-refractivity contribution in [3.8, 4) is 11.3 Å². The molecule has 146 valence electrons. The quantitative estimate of drug-likeness (QED) is 0.618. The molecule has 1 atom stereocenters. The van der Waals surface area contributed by atoms with Crippen molar-refractivity contribution < 1.29 is 9.53 Å². The van der Waals surface area contributed by atoms with Crippen LogP contribution in [-0.4, -0.2) is 50.7 Å². The first-order valence-electron chi connectivity index (χ1n) is 9.56. The molecule has 3 heterocycles. The molecule has 3 aromatic rings. The lowest BCUT2D eigenvalue weighted by molar-refractivity contribution is -0.119. The van der Waals surface area contributed by atoms with E-state index >= 15 is 0 Å². The van der Waals surface area contributed by atoms with Crippen LogP contribution in [-0.2, 0) is 16.0 Å². The average molecular weight is 398 g/mol. The Morgan fingerprint density at radius 2 is 2.11 bits per heavy atom. The van der Waals surface area contributed by atoms with Crippen LogP contribution in [0.3, 0.4) is 0 Å². The van der Waals surface area contributed by atoms with Crippen LogP contribution < -0.4 is 5.32 Å². The summed E-state index contributed by atoms with van der Waals surface area (Å²) in [7, 11) is 0. The van der Waals surface area contributed by atoms with Crippen LogP contribution in [0, 0.1) is 0 Å². The van der Waals surface area contributed by atoms with Crippen molar-refractivity contribution >= 4 is 23.3 Å². The Morgan fingerprint density at radius 3 is 2.86 bits per heavy atom. The Labute approximate surface area is 167 Å². The van der Waals surface area contributed by atoms with Crippen molar-refractivity contribution in [3.63, 3.8) is 0 Å². The van der Waals surface area contributed by atoms with Gasteiger partial charge in [-0.15, -0.1) is 10.2 Å². The van der Waals surface area contributed by atoms with Gasteiger partial charge in [-0.05, 0) is 37.0 Å². The zero-order chi connectivity index (χ0) is 19.3. The van der Waals surface area contributed by atoms with Crippen LogP contribution in [0.4, 0.5) is 0 Å². The molecule has 1 saturated heterocycles. The smallest absolute Gasteiger partial charge is 0.230 e. The van der Waals surface area contributed by atoms with Crippen molar-refractivity contribution in [1.82, 2.24) is 25.1 Å². The fourth-order valence-corrected chi connectivity index (χ4v) is 3.86. The molecule has 1 N–H and O–H groups in total. The maximum absolute atomic E-state index is 12.1. The van der Waals surface area contributed by atoms with Gasteiger partial charge >= 0.3 is 0 Å². The third kappa shape index (κ3) is 4.34. The number of rotatable bonds is 7. The Morgan fingerprint density at radius 1 is 1.25 bits per heavy atom. The van der Waals surface area contributed by atoms with Crippen LogP contribution in [0.15, 0.2) is 41.6 Å². The monoisotopic (exact) mass is 397 g/mol. The fraction of sp³-hybridized carbons (Fsp3) is 0.400. The third-order valence-corrected chi connectivity index (χ3v) is 5.69. The molecule has 1 aliphatic rings. The first-order valence-corrected chi connectivity index (χ1v) is 10.5. The molecular formula is C20H23N5O2S. The van der Waals surface area contributed by atoms with E-state index in [1.165, 1.54) is 17.3 Å². The Kier molecular flexibility index (Phi) is 5.87. The van der Waals surface area contributed by atoms with Gasteiger partial charge in [-0.2, -0.15) is 9.61 Å². The molecule has 7 nitrogen and oxygen atoms in total. The van der Waals surface area contributed by atoms with Crippen LogP contribution in [0.5, 0.6) is 0 Å². The van der Waals surface area contributed by atoms with E-state index in [4.69, 9.17) is 4.74 Å². The summed E-state index contributed by atoms with van der Waals surface area (Å²) in [6.45, 7) is 3.49. The first-order chi connectivity index (χ1) is 13.7. The molecule has 0 saturated carbocycles. The molecule has 8 heteroatoms. The number of carbonyl (C=O) groups excluding carboxylic acids is 1. The summed E-state index contributed by atoms with van der Waals surface area (Å²) in [4.78, 5) is 12.1. The number of hydrogen-bond acceptors (Lipinski definition) is 6. The zero-order valence-corrected chi connectivity index (χ0v) is 16.6. The van der Waals surface area contributed by atoms with E-state index in [0.717, 1.165) is 37.1 Å². The third-order valence-electron chi connectivity index (χ3n) is 4.78. The lowest BCUT2D eigenvalue weighted by Crippen LogP contribution is -2.32. The molecule has 1 aromatic carbocycles. The standard InChI is InChI=1S/C20H23N5O2S/c1-2-14-5-7-15(8-6-14)17-9-10-18-22-23-20(25(18)24-17)28-13-19(26)21-12-16-4-3-11-27-16/h5-10,16H,2-4,11-13H2,1H3,(H,21,26)/t16-/m0/s1. The number of ether oxygens (including phenoxy) is 1. The van der Waals surface area contributed by atoms with Gasteiger partial charge in [-0.25, -0.2) is 0 Å². The van der Waals surface area contributed by atoms with Gasteiger partial charge in [-0.3, -0.25) is 4.79 Å². The number of aromatic nitrogens is 4. The summed E-state index contributed by atoms with van der Waals surface area (Å²) in [5, 5.41) is 16.5.